The summed E-state index contributed by atoms with van der Waals surface area (Å²) in [6.07, 6.45) is 1.75. The van der Waals surface area contributed by atoms with Crippen LogP contribution in [-0.2, 0) is 6.54 Å². The Kier molecular flexibility index (Phi) is 6.39. The van der Waals surface area contributed by atoms with E-state index in [0.717, 1.165) is 34.9 Å². The van der Waals surface area contributed by atoms with Crippen LogP contribution < -0.4 is 15.5 Å². The van der Waals surface area contributed by atoms with Crippen molar-refractivity contribution in [2.75, 3.05) is 12.4 Å². The van der Waals surface area contributed by atoms with Crippen molar-refractivity contribution in [1.82, 2.24) is 15.2 Å². The van der Waals surface area contributed by atoms with Gasteiger partial charge in [-0.3, -0.25) is 10.1 Å². The van der Waals surface area contributed by atoms with Crippen molar-refractivity contribution < 1.29 is 4.74 Å². The van der Waals surface area contributed by atoms with Gasteiger partial charge in [-0.1, -0.05) is 36.4 Å². The van der Waals surface area contributed by atoms with E-state index in [1.54, 1.807) is 13.3 Å². The number of methoxy groups -OCH3 is 1. The van der Waals surface area contributed by atoms with Crippen molar-refractivity contribution in [3.63, 3.8) is 0 Å². The maximum absolute atomic E-state index is 5.29. The van der Waals surface area contributed by atoms with Gasteiger partial charge in [0.05, 0.1) is 25.6 Å². The summed E-state index contributed by atoms with van der Waals surface area (Å²) in [5, 5.41) is 12.4. The molecule has 0 saturated heterocycles. The maximum Gasteiger partial charge on any atom is 0.191 e. The fraction of sp³-hybridized carbons (Fsp3) is 0.190. The van der Waals surface area contributed by atoms with Crippen molar-refractivity contribution in [1.29, 1.82) is 0 Å². The number of benzene rings is 2. The summed E-state index contributed by atoms with van der Waals surface area (Å²) in [6, 6.07) is 17.8. The monoisotopic (exact) mass is 393 g/mol. The van der Waals surface area contributed by atoms with E-state index in [9.17, 15) is 0 Å². The summed E-state index contributed by atoms with van der Waals surface area (Å²) in [7, 11) is 1.63. The van der Waals surface area contributed by atoms with E-state index in [0.29, 0.717) is 5.11 Å². The lowest BCUT2D eigenvalue weighted by Gasteiger charge is -2.08. The van der Waals surface area contributed by atoms with Gasteiger partial charge in [0.25, 0.3) is 0 Å². The van der Waals surface area contributed by atoms with E-state index in [2.05, 4.69) is 33.1 Å². The number of anilines is 1. The third kappa shape index (κ3) is 4.95. The fourth-order valence-electron chi connectivity index (χ4n) is 2.82. The molecule has 0 aliphatic rings. The molecule has 1 heterocycles. The maximum atomic E-state index is 5.29. The van der Waals surface area contributed by atoms with E-state index in [1.165, 1.54) is 5.56 Å². The van der Waals surface area contributed by atoms with Crippen LogP contribution in [0.2, 0.25) is 0 Å². The highest BCUT2D eigenvalue weighted by atomic mass is 32.1. The average Bonchev–Trinajstić information content (AvgIpc) is 2.96. The molecule has 0 spiro atoms. The zero-order chi connectivity index (χ0) is 19.9. The summed E-state index contributed by atoms with van der Waals surface area (Å²) in [6.45, 7) is 4.74. The van der Waals surface area contributed by atoms with Gasteiger partial charge in [0.2, 0.25) is 0 Å². The summed E-state index contributed by atoms with van der Waals surface area (Å²) in [5.41, 5.74) is 7.83. The van der Waals surface area contributed by atoms with Crippen molar-refractivity contribution in [3.8, 4) is 5.75 Å². The van der Waals surface area contributed by atoms with E-state index < -0.39 is 0 Å². The highest BCUT2D eigenvalue weighted by Gasteiger charge is 2.10. The summed E-state index contributed by atoms with van der Waals surface area (Å²) in [4.78, 5) is 0. The minimum Gasteiger partial charge on any atom is -0.497 e. The second-order valence-electron chi connectivity index (χ2n) is 6.28. The highest BCUT2D eigenvalue weighted by molar-refractivity contribution is 7.80. The second kappa shape index (κ2) is 9.14. The number of hydrogen-bond acceptors (Lipinski definition) is 4. The number of aromatic nitrogens is 2. The molecule has 0 atom stereocenters. The molecule has 0 aliphatic heterocycles. The van der Waals surface area contributed by atoms with Crippen LogP contribution >= 0.6 is 12.2 Å². The first-order valence-corrected chi connectivity index (χ1v) is 9.29. The van der Waals surface area contributed by atoms with E-state index in [-0.39, 0.29) is 0 Å². The Labute approximate surface area is 170 Å². The quantitative estimate of drug-likeness (QED) is 0.378. The zero-order valence-electron chi connectivity index (χ0n) is 16.1. The molecule has 0 fully saturated rings. The summed E-state index contributed by atoms with van der Waals surface area (Å²) in [5.74, 6) is 0.758. The van der Waals surface area contributed by atoms with Crippen LogP contribution in [0.3, 0.4) is 0 Å². The summed E-state index contributed by atoms with van der Waals surface area (Å²) < 4.78 is 7.19. The Bertz CT molecular complexity index is 982. The van der Waals surface area contributed by atoms with Gasteiger partial charge in [-0.2, -0.15) is 10.2 Å². The van der Waals surface area contributed by atoms with Gasteiger partial charge in [-0.25, -0.2) is 0 Å². The molecule has 3 aromatic rings. The lowest BCUT2D eigenvalue weighted by Crippen LogP contribution is -2.23. The molecular weight excluding hydrogens is 370 g/mol. The molecule has 0 aliphatic carbocycles. The predicted octanol–water partition coefficient (Wildman–Crippen LogP) is 3.88. The Hall–Kier alpha value is -3.19. The molecule has 2 N–H and O–H groups in total. The number of nitrogens with one attached hydrogen (secondary N) is 2. The van der Waals surface area contributed by atoms with Gasteiger partial charge in [-0.05, 0) is 43.8 Å². The third-order valence-electron chi connectivity index (χ3n) is 4.30. The normalized spacial score (nSPS) is 10.8. The van der Waals surface area contributed by atoms with E-state index in [4.69, 9.17) is 17.0 Å². The molecule has 2 aromatic carbocycles. The number of nitrogens with zero attached hydrogens (tertiary/aromatic N) is 3. The number of aryl methyl sites for hydroxylation is 1. The van der Waals surface area contributed by atoms with Gasteiger partial charge >= 0.3 is 0 Å². The molecule has 7 heteroatoms. The Morgan fingerprint density at radius 1 is 1.18 bits per heavy atom. The number of hydrazone groups is 1. The minimum absolute atomic E-state index is 0.400. The first-order valence-electron chi connectivity index (χ1n) is 8.89. The first kappa shape index (κ1) is 19.6. The van der Waals surface area contributed by atoms with Crippen LogP contribution in [0.5, 0.6) is 5.75 Å². The van der Waals surface area contributed by atoms with Gasteiger partial charge in [-0.15, -0.1) is 0 Å². The molecule has 1 aromatic heterocycles. The van der Waals surface area contributed by atoms with Gasteiger partial charge in [0.15, 0.2) is 5.11 Å². The van der Waals surface area contributed by atoms with Gasteiger partial charge < -0.3 is 10.1 Å². The first-order chi connectivity index (χ1) is 13.6. The van der Waals surface area contributed by atoms with Crippen molar-refractivity contribution in [2.24, 2.45) is 5.10 Å². The van der Waals surface area contributed by atoms with E-state index in [1.807, 2.05) is 61.0 Å². The molecule has 6 nitrogen and oxygen atoms in total. The number of hydrogen-bond donors (Lipinski definition) is 2. The van der Waals surface area contributed by atoms with Crippen molar-refractivity contribution in [3.05, 3.63) is 77.1 Å². The van der Waals surface area contributed by atoms with Crippen LogP contribution in [0.1, 0.15) is 22.5 Å². The molecule has 28 heavy (non-hydrogen) atoms. The average molecular weight is 394 g/mol. The molecule has 0 amide bonds. The number of thiocarbonyl (C=S) groups is 1. The summed E-state index contributed by atoms with van der Waals surface area (Å²) >= 11 is 5.29. The van der Waals surface area contributed by atoms with Crippen LogP contribution in [-0.4, -0.2) is 28.2 Å². The Balaban J connectivity index is 1.63. The number of rotatable bonds is 6. The van der Waals surface area contributed by atoms with Gasteiger partial charge in [0, 0.05) is 23.0 Å². The standard InChI is InChI=1S/C21H23N5OS/c1-15-20(16(2)26(25-15)14-17-8-5-4-6-9-17)13-22-24-21(28)23-18-10-7-11-19(12-18)27-3/h4-13H,14H2,1-3H3,(H2,23,24,28)/b22-13-. The molecule has 0 saturated carbocycles. The minimum atomic E-state index is 0.400. The van der Waals surface area contributed by atoms with Crippen molar-refractivity contribution in [2.45, 2.75) is 20.4 Å². The Morgan fingerprint density at radius 3 is 2.71 bits per heavy atom. The largest absolute Gasteiger partial charge is 0.497 e. The number of ether oxygens (including phenoxy) is 1. The van der Waals surface area contributed by atoms with Crippen LogP contribution in [0.15, 0.2) is 59.7 Å². The van der Waals surface area contributed by atoms with Gasteiger partial charge in [0.1, 0.15) is 5.75 Å². The van der Waals surface area contributed by atoms with Crippen LogP contribution in [0.25, 0.3) is 0 Å². The molecule has 3 rings (SSSR count). The smallest absolute Gasteiger partial charge is 0.191 e. The zero-order valence-corrected chi connectivity index (χ0v) is 17.0. The lowest BCUT2D eigenvalue weighted by molar-refractivity contribution is 0.415. The topological polar surface area (TPSA) is 63.5 Å². The molecule has 0 bridgehead atoms. The highest BCUT2D eigenvalue weighted by Crippen LogP contribution is 2.16. The molecular formula is C21H23N5OS. The predicted molar refractivity (Wildman–Crippen MR) is 117 cm³/mol. The SMILES string of the molecule is COc1cccc(NC(=S)N/N=C\c2c(C)nn(Cc3ccccc3)c2C)c1. The molecule has 0 unspecified atom stereocenters. The van der Waals surface area contributed by atoms with Crippen LogP contribution in [0, 0.1) is 13.8 Å². The van der Waals surface area contributed by atoms with E-state index >= 15 is 0 Å². The van der Waals surface area contributed by atoms with Crippen LogP contribution in [0.4, 0.5) is 5.69 Å². The molecule has 0 radical (unpaired) electrons. The Morgan fingerprint density at radius 2 is 1.96 bits per heavy atom. The molecule has 144 valence electrons. The van der Waals surface area contributed by atoms with Crippen molar-refractivity contribution >= 4 is 29.2 Å². The third-order valence-corrected chi connectivity index (χ3v) is 4.49. The fourth-order valence-corrected chi connectivity index (χ4v) is 2.99. The lowest BCUT2D eigenvalue weighted by atomic mass is 10.2. The second-order valence-corrected chi connectivity index (χ2v) is 6.69.